The van der Waals surface area contributed by atoms with Crippen LogP contribution in [0.1, 0.15) is 25.0 Å². The molecule has 0 spiro atoms. The minimum absolute atomic E-state index is 0.185. The van der Waals surface area contributed by atoms with Crippen LogP contribution in [0.25, 0.3) is 0 Å². The maximum atomic E-state index is 10.5. The number of aromatic nitrogens is 1. The van der Waals surface area contributed by atoms with Crippen LogP contribution in [0.4, 0.5) is 0 Å². The first-order valence-corrected chi connectivity index (χ1v) is 5.11. The maximum Gasteiger partial charge on any atom is 0.304 e. The summed E-state index contributed by atoms with van der Waals surface area (Å²) < 4.78 is 5.01. The third-order valence-electron chi connectivity index (χ3n) is 2.53. The van der Waals surface area contributed by atoms with E-state index in [1.807, 2.05) is 6.07 Å². The van der Waals surface area contributed by atoms with Crippen LogP contribution in [-0.4, -0.2) is 33.7 Å². The van der Waals surface area contributed by atoms with Gasteiger partial charge in [-0.15, -0.1) is 0 Å². The van der Waals surface area contributed by atoms with Gasteiger partial charge >= 0.3 is 5.97 Å². The van der Waals surface area contributed by atoms with Gasteiger partial charge in [-0.2, -0.15) is 0 Å². The number of carboxylic acid groups (broad SMARTS) is 1. The van der Waals surface area contributed by atoms with Gasteiger partial charge in [0.25, 0.3) is 0 Å². The molecule has 0 amide bonds. The number of aliphatic carboxylic acids is 1. The lowest BCUT2D eigenvalue weighted by Gasteiger charge is -2.18. The second kappa shape index (κ2) is 4.44. The van der Waals surface area contributed by atoms with Crippen LogP contribution in [0.5, 0.6) is 0 Å². The lowest BCUT2D eigenvalue weighted by Crippen LogP contribution is -2.27. The van der Waals surface area contributed by atoms with Gasteiger partial charge in [0.1, 0.15) is 0 Å². The monoisotopic (exact) mass is 210 g/mol. The molecule has 5 heteroatoms. The van der Waals surface area contributed by atoms with E-state index in [9.17, 15) is 4.79 Å². The van der Waals surface area contributed by atoms with Gasteiger partial charge < -0.3 is 9.63 Å². The summed E-state index contributed by atoms with van der Waals surface area (Å²) in [7, 11) is 0. The number of nitrogens with zero attached hydrogens (tertiary/aromatic N) is 2. The van der Waals surface area contributed by atoms with E-state index < -0.39 is 5.97 Å². The molecule has 82 valence electrons. The molecule has 0 radical (unpaired) electrons. The fraction of sp³-hybridized carbons (Fsp3) is 0.600. The minimum Gasteiger partial charge on any atom is -0.481 e. The Morgan fingerprint density at radius 2 is 2.47 bits per heavy atom. The average Bonchev–Trinajstić information content (AvgIpc) is 2.91. The number of carboxylic acids is 1. The van der Waals surface area contributed by atoms with Crippen molar-refractivity contribution in [2.75, 3.05) is 6.54 Å². The molecular weight excluding hydrogens is 196 g/mol. The average molecular weight is 210 g/mol. The van der Waals surface area contributed by atoms with Gasteiger partial charge in [-0.05, 0) is 12.8 Å². The Kier molecular flexibility index (Phi) is 3.01. The summed E-state index contributed by atoms with van der Waals surface area (Å²) in [5.41, 5.74) is 0. The van der Waals surface area contributed by atoms with Crippen LogP contribution in [0.3, 0.4) is 0 Å². The highest BCUT2D eigenvalue weighted by Crippen LogP contribution is 2.28. The largest absolute Gasteiger partial charge is 0.481 e. The standard InChI is InChI=1S/C10H14N2O3/c13-10(14)4-6-12(8-1-2-8)7-9-3-5-11-15-9/h3,5,8H,1-2,4,6-7H2,(H,13,14). The van der Waals surface area contributed by atoms with Crippen LogP contribution >= 0.6 is 0 Å². The normalized spacial score (nSPS) is 15.8. The lowest BCUT2D eigenvalue weighted by atomic mass is 10.3. The topological polar surface area (TPSA) is 66.6 Å². The molecule has 5 nitrogen and oxygen atoms in total. The summed E-state index contributed by atoms with van der Waals surface area (Å²) in [4.78, 5) is 12.6. The number of carbonyl (C=O) groups is 1. The highest BCUT2D eigenvalue weighted by Gasteiger charge is 2.29. The molecule has 1 aliphatic carbocycles. The number of hydrogen-bond acceptors (Lipinski definition) is 4. The Hall–Kier alpha value is -1.36. The fourth-order valence-corrected chi connectivity index (χ4v) is 1.59. The molecule has 1 fully saturated rings. The van der Waals surface area contributed by atoms with Gasteiger partial charge in [0.2, 0.25) is 0 Å². The third-order valence-corrected chi connectivity index (χ3v) is 2.53. The SMILES string of the molecule is O=C(O)CCN(Cc1ccno1)C1CC1. The van der Waals surface area contributed by atoms with Crippen LogP contribution in [0.15, 0.2) is 16.8 Å². The van der Waals surface area contributed by atoms with Crippen molar-refractivity contribution in [1.82, 2.24) is 10.1 Å². The number of rotatable bonds is 6. The molecule has 0 aliphatic heterocycles. The lowest BCUT2D eigenvalue weighted by molar-refractivity contribution is -0.137. The maximum absolute atomic E-state index is 10.5. The van der Waals surface area contributed by atoms with Crippen molar-refractivity contribution < 1.29 is 14.4 Å². The third kappa shape index (κ3) is 3.06. The molecule has 1 aromatic rings. The molecular formula is C10H14N2O3. The second-order valence-electron chi connectivity index (χ2n) is 3.82. The molecule has 0 atom stereocenters. The highest BCUT2D eigenvalue weighted by atomic mass is 16.5. The van der Waals surface area contributed by atoms with Crippen LogP contribution < -0.4 is 0 Å². The minimum atomic E-state index is -0.752. The highest BCUT2D eigenvalue weighted by molar-refractivity contribution is 5.66. The summed E-state index contributed by atoms with van der Waals surface area (Å²) in [5.74, 6) is 0.0468. The van der Waals surface area contributed by atoms with Crippen LogP contribution in [0.2, 0.25) is 0 Å². The van der Waals surface area contributed by atoms with Crippen molar-refractivity contribution in [3.05, 3.63) is 18.0 Å². The number of hydrogen-bond donors (Lipinski definition) is 1. The van der Waals surface area contributed by atoms with Gasteiger partial charge in [-0.1, -0.05) is 5.16 Å². The Morgan fingerprint density at radius 3 is 3.00 bits per heavy atom. The Balaban J connectivity index is 1.86. The molecule has 0 bridgehead atoms. The summed E-state index contributed by atoms with van der Waals surface area (Å²) in [6.45, 7) is 1.25. The van der Waals surface area contributed by atoms with E-state index >= 15 is 0 Å². The first-order valence-electron chi connectivity index (χ1n) is 5.11. The second-order valence-corrected chi connectivity index (χ2v) is 3.82. The summed E-state index contributed by atoms with van der Waals surface area (Å²) in [5, 5.41) is 12.3. The zero-order valence-corrected chi connectivity index (χ0v) is 8.43. The molecule has 1 aliphatic rings. The van der Waals surface area contributed by atoms with E-state index in [1.54, 1.807) is 6.20 Å². The van der Waals surface area contributed by atoms with Gasteiger partial charge in [0.15, 0.2) is 5.76 Å². The molecule has 0 unspecified atom stereocenters. The van der Waals surface area contributed by atoms with Gasteiger partial charge in [0.05, 0.1) is 19.2 Å². The van der Waals surface area contributed by atoms with E-state index in [-0.39, 0.29) is 6.42 Å². The van der Waals surface area contributed by atoms with E-state index in [0.717, 1.165) is 18.6 Å². The first kappa shape index (κ1) is 10.2. The molecule has 1 heterocycles. The van der Waals surface area contributed by atoms with Gasteiger partial charge in [0, 0.05) is 18.7 Å². The zero-order chi connectivity index (χ0) is 10.7. The molecule has 15 heavy (non-hydrogen) atoms. The molecule has 0 aromatic carbocycles. The molecule has 1 saturated carbocycles. The Labute approximate surface area is 87.7 Å². The predicted octanol–water partition coefficient (Wildman–Crippen LogP) is 1.11. The molecule has 0 saturated heterocycles. The molecule has 1 N–H and O–H groups in total. The van der Waals surface area contributed by atoms with Gasteiger partial charge in [-0.25, -0.2) is 0 Å². The Morgan fingerprint density at radius 1 is 1.67 bits per heavy atom. The van der Waals surface area contributed by atoms with Crippen molar-refractivity contribution in [2.45, 2.75) is 31.8 Å². The zero-order valence-electron chi connectivity index (χ0n) is 8.43. The summed E-state index contributed by atoms with van der Waals surface area (Å²) >= 11 is 0. The van der Waals surface area contributed by atoms with Crippen molar-refractivity contribution >= 4 is 5.97 Å². The summed E-state index contributed by atoms with van der Waals surface area (Å²) in [6, 6.07) is 2.35. The fourth-order valence-electron chi connectivity index (χ4n) is 1.59. The van der Waals surface area contributed by atoms with Crippen LogP contribution in [-0.2, 0) is 11.3 Å². The van der Waals surface area contributed by atoms with Crippen molar-refractivity contribution in [2.24, 2.45) is 0 Å². The first-order chi connectivity index (χ1) is 7.25. The van der Waals surface area contributed by atoms with Crippen molar-refractivity contribution in [1.29, 1.82) is 0 Å². The summed E-state index contributed by atoms with van der Waals surface area (Å²) in [6.07, 6.45) is 4.11. The molecule has 2 rings (SSSR count). The van der Waals surface area contributed by atoms with E-state index in [0.29, 0.717) is 19.1 Å². The predicted molar refractivity (Wildman–Crippen MR) is 52.2 cm³/mol. The van der Waals surface area contributed by atoms with E-state index in [2.05, 4.69) is 10.1 Å². The van der Waals surface area contributed by atoms with Crippen molar-refractivity contribution in [3.63, 3.8) is 0 Å². The Bertz CT molecular complexity index is 319. The smallest absolute Gasteiger partial charge is 0.304 e. The van der Waals surface area contributed by atoms with E-state index in [4.69, 9.17) is 9.63 Å². The van der Waals surface area contributed by atoms with Crippen LogP contribution in [0, 0.1) is 0 Å². The quantitative estimate of drug-likeness (QED) is 0.762. The van der Waals surface area contributed by atoms with Crippen molar-refractivity contribution in [3.8, 4) is 0 Å². The molecule has 1 aromatic heterocycles. The van der Waals surface area contributed by atoms with Gasteiger partial charge in [-0.3, -0.25) is 9.69 Å². The van der Waals surface area contributed by atoms with E-state index in [1.165, 1.54) is 0 Å².